The van der Waals surface area contributed by atoms with Gasteiger partial charge in [-0.15, -0.1) is 12.4 Å². The van der Waals surface area contributed by atoms with E-state index in [-0.39, 0.29) is 40.7 Å². The van der Waals surface area contributed by atoms with E-state index in [1.165, 1.54) is 36.4 Å². The van der Waals surface area contributed by atoms with Gasteiger partial charge in [-0.25, -0.2) is 8.42 Å². The van der Waals surface area contributed by atoms with Crippen molar-refractivity contribution in [2.75, 3.05) is 19.6 Å². The molecule has 198 valence electrons. The molecule has 3 rings (SSSR count). The van der Waals surface area contributed by atoms with Crippen molar-refractivity contribution in [1.29, 1.82) is 0 Å². The maximum Gasteiger partial charge on any atom is 0.305 e. The topological polar surface area (TPSA) is 133 Å². The van der Waals surface area contributed by atoms with E-state index in [0.29, 0.717) is 24.5 Å². The second-order valence-electron chi connectivity index (χ2n) is 8.10. The van der Waals surface area contributed by atoms with Gasteiger partial charge in [0.2, 0.25) is 9.84 Å². The lowest BCUT2D eigenvalue weighted by Gasteiger charge is -2.13. The lowest BCUT2D eigenvalue weighted by atomic mass is 10.1. The van der Waals surface area contributed by atoms with Crippen LogP contribution in [0.15, 0.2) is 82.6 Å². The summed E-state index contributed by atoms with van der Waals surface area (Å²) in [6.07, 6.45) is -0.283. The summed E-state index contributed by atoms with van der Waals surface area (Å²) in [6.45, 7) is 0.886. The van der Waals surface area contributed by atoms with E-state index in [9.17, 15) is 23.1 Å². The minimum absolute atomic E-state index is 0. The fourth-order valence-corrected chi connectivity index (χ4v) is 4.97. The van der Waals surface area contributed by atoms with Crippen molar-refractivity contribution in [1.82, 2.24) is 10.6 Å². The highest BCUT2D eigenvalue weighted by atomic mass is 35.5. The van der Waals surface area contributed by atoms with Crippen LogP contribution in [0.2, 0.25) is 5.02 Å². The third-order valence-electron chi connectivity index (χ3n) is 5.43. The first-order valence-electron chi connectivity index (χ1n) is 11.2. The molecule has 0 unspecified atom stereocenters. The summed E-state index contributed by atoms with van der Waals surface area (Å²) in [6, 6.07) is 19.2. The number of hydrogen-bond acceptors (Lipinski definition) is 6. The van der Waals surface area contributed by atoms with Crippen LogP contribution in [0.1, 0.15) is 34.0 Å². The number of sulfone groups is 1. The highest BCUT2D eigenvalue weighted by Crippen LogP contribution is 2.22. The highest BCUT2D eigenvalue weighted by Gasteiger charge is 2.19. The molecule has 0 fully saturated rings. The van der Waals surface area contributed by atoms with Gasteiger partial charge in [0.1, 0.15) is 0 Å². The zero-order valence-corrected chi connectivity index (χ0v) is 22.2. The number of rotatable bonds is 12. The van der Waals surface area contributed by atoms with Crippen molar-refractivity contribution in [3.05, 3.63) is 94.5 Å². The Bertz CT molecular complexity index is 1320. The molecule has 0 radical (unpaired) electrons. The van der Waals surface area contributed by atoms with E-state index < -0.39 is 27.8 Å². The molecule has 3 aromatic carbocycles. The minimum atomic E-state index is -3.85. The molecular formula is C26H28Cl2N2O6S. The van der Waals surface area contributed by atoms with Crippen LogP contribution in [0.4, 0.5) is 0 Å². The van der Waals surface area contributed by atoms with Crippen molar-refractivity contribution in [2.24, 2.45) is 0 Å². The predicted molar refractivity (Wildman–Crippen MR) is 143 cm³/mol. The first-order chi connectivity index (χ1) is 17.2. The number of amides is 1. The normalized spacial score (nSPS) is 11.8. The van der Waals surface area contributed by atoms with E-state index in [4.69, 9.17) is 16.7 Å². The minimum Gasteiger partial charge on any atom is -0.481 e. The predicted octanol–water partition coefficient (Wildman–Crippen LogP) is 3.66. The average molecular weight is 567 g/mol. The summed E-state index contributed by atoms with van der Waals surface area (Å²) >= 11 is 5.95. The zero-order chi connectivity index (χ0) is 26.1. The molecule has 11 heteroatoms. The Morgan fingerprint density at radius 3 is 2.30 bits per heavy atom. The molecule has 37 heavy (non-hydrogen) atoms. The van der Waals surface area contributed by atoms with E-state index >= 15 is 0 Å². The number of carbonyl (C=O) groups is 2. The van der Waals surface area contributed by atoms with Gasteiger partial charge in [0.05, 0.1) is 22.3 Å². The number of carbonyl (C=O) groups excluding carboxylic acids is 1. The summed E-state index contributed by atoms with van der Waals surface area (Å²) < 4.78 is 26.1. The van der Waals surface area contributed by atoms with Gasteiger partial charge in [-0.1, -0.05) is 41.9 Å². The van der Waals surface area contributed by atoms with E-state index in [0.717, 1.165) is 11.1 Å². The van der Waals surface area contributed by atoms with E-state index in [2.05, 4.69) is 10.6 Å². The molecule has 3 aromatic rings. The Kier molecular flexibility index (Phi) is 11.5. The van der Waals surface area contributed by atoms with Crippen LogP contribution in [0, 0.1) is 0 Å². The monoisotopic (exact) mass is 566 g/mol. The molecule has 1 atom stereocenters. The second-order valence-corrected chi connectivity index (χ2v) is 10.5. The molecule has 0 aromatic heterocycles. The van der Waals surface area contributed by atoms with E-state index in [1.807, 2.05) is 0 Å². The van der Waals surface area contributed by atoms with Gasteiger partial charge >= 0.3 is 5.97 Å². The number of aliphatic hydroxyl groups excluding tert-OH is 1. The first kappa shape index (κ1) is 30.3. The third-order valence-corrected chi connectivity index (χ3v) is 7.43. The van der Waals surface area contributed by atoms with Crippen LogP contribution in [-0.2, 0) is 21.1 Å². The molecular weight excluding hydrogens is 539 g/mol. The van der Waals surface area contributed by atoms with Gasteiger partial charge in [-0.2, -0.15) is 0 Å². The van der Waals surface area contributed by atoms with Crippen LogP contribution in [0.3, 0.4) is 0 Å². The van der Waals surface area contributed by atoms with Crippen molar-refractivity contribution < 1.29 is 28.2 Å². The fourth-order valence-electron chi connectivity index (χ4n) is 3.46. The molecule has 0 heterocycles. The van der Waals surface area contributed by atoms with Crippen molar-refractivity contribution >= 4 is 45.7 Å². The molecule has 0 spiro atoms. The Morgan fingerprint density at radius 2 is 1.62 bits per heavy atom. The number of carboxylic acids is 1. The molecule has 8 nitrogen and oxygen atoms in total. The fraction of sp³-hybridized carbons (Fsp3) is 0.231. The van der Waals surface area contributed by atoms with Crippen molar-refractivity contribution in [3.63, 3.8) is 0 Å². The van der Waals surface area contributed by atoms with Gasteiger partial charge in [0.25, 0.3) is 5.91 Å². The summed E-state index contributed by atoms with van der Waals surface area (Å²) in [5.74, 6) is -1.59. The molecule has 4 N–H and O–H groups in total. The number of aliphatic hydroxyl groups is 1. The number of halogens is 2. The van der Waals surface area contributed by atoms with Crippen molar-refractivity contribution in [3.8, 4) is 0 Å². The molecule has 0 saturated carbocycles. The summed E-state index contributed by atoms with van der Waals surface area (Å²) in [7, 11) is -3.85. The van der Waals surface area contributed by atoms with Gasteiger partial charge < -0.3 is 20.8 Å². The number of aliphatic carboxylic acids is 1. The Hall–Kier alpha value is -2.95. The summed E-state index contributed by atoms with van der Waals surface area (Å²) in [4.78, 5) is 22.9. The largest absolute Gasteiger partial charge is 0.481 e. The highest BCUT2D eigenvalue weighted by molar-refractivity contribution is 7.91. The second kappa shape index (κ2) is 14.1. The maximum absolute atomic E-state index is 13.1. The van der Waals surface area contributed by atoms with Gasteiger partial charge in [0, 0.05) is 23.7 Å². The molecule has 1 amide bonds. The van der Waals surface area contributed by atoms with Crippen LogP contribution in [-0.4, -0.2) is 50.1 Å². The Morgan fingerprint density at radius 1 is 0.919 bits per heavy atom. The lowest BCUT2D eigenvalue weighted by Crippen LogP contribution is -2.26. The number of benzene rings is 3. The maximum atomic E-state index is 13.1. The standard InChI is InChI=1S/C26H27ClN2O6S.ClH/c27-21-5-1-3-19(15-21)24(30)17-28-13-11-18-7-9-22(10-8-18)36(34,35)23-6-2-4-20(16-23)26(33)29-14-12-25(31)32;/h1-10,15-16,24,28,30H,11-14,17H2,(H,29,33)(H,31,32);1H/t24-;/m1./s1. The zero-order valence-electron chi connectivity index (χ0n) is 19.8. The number of hydrogen-bond donors (Lipinski definition) is 4. The molecule has 0 bridgehead atoms. The first-order valence-corrected chi connectivity index (χ1v) is 13.1. The van der Waals surface area contributed by atoms with Crippen LogP contribution < -0.4 is 10.6 Å². The Balaban J connectivity index is 0.00000481. The summed E-state index contributed by atoms with van der Waals surface area (Å²) in [5, 5.41) is 25.1. The summed E-state index contributed by atoms with van der Waals surface area (Å²) in [5.41, 5.74) is 1.78. The smallest absolute Gasteiger partial charge is 0.305 e. The molecule has 0 aliphatic heterocycles. The number of carboxylic acid groups (broad SMARTS) is 1. The van der Waals surface area contributed by atoms with Crippen LogP contribution in [0.25, 0.3) is 0 Å². The third kappa shape index (κ3) is 8.84. The number of nitrogens with one attached hydrogen (secondary N) is 2. The average Bonchev–Trinajstić information content (AvgIpc) is 2.86. The van der Waals surface area contributed by atoms with Crippen molar-refractivity contribution in [2.45, 2.75) is 28.7 Å². The Labute approximate surface area is 227 Å². The molecule has 0 aliphatic carbocycles. The van der Waals surface area contributed by atoms with Crippen LogP contribution >= 0.6 is 24.0 Å². The van der Waals surface area contributed by atoms with Gasteiger partial charge in [-0.05, 0) is 66.6 Å². The molecule has 0 aliphatic rings. The molecule has 0 saturated heterocycles. The quantitative estimate of drug-likeness (QED) is 0.246. The van der Waals surface area contributed by atoms with E-state index in [1.54, 1.807) is 36.4 Å². The SMILES string of the molecule is Cl.O=C(O)CCNC(=O)c1cccc(S(=O)(=O)c2ccc(CCNC[C@@H](O)c3cccc(Cl)c3)cc2)c1. The van der Waals surface area contributed by atoms with Gasteiger partial charge in [-0.3, -0.25) is 9.59 Å². The van der Waals surface area contributed by atoms with Gasteiger partial charge in [0.15, 0.2) is 0 Å². The van der Waals surface area contributed by atoms with Crippen LogP contribution in [0.5, 0.6) is 0 Å². The lowest BCUT2D eigenvalue weighted by molar-refractivity contribution is -0.136.